The number of rotatable bonds is 3. The maximum atomic E-state index is 9.77. The van der Waals surface area contributed by atoms with E-state index in [4.69, 9.17) is 4.74 Å². The standard InChI is InChI=1S/C19H25NO/c1-2-21-17-9-7-16(8-10-17)19(15-20)13-18(14-19)11-5-3-4-6-12-18/h7-10H,2-6,11-14H2,1H3. The first-order chi connectivity index (χ1) is 10.2. The lowest BCUT2D eigenvalue weighted by Crippen LogP contribution is -2.48. The third-order valence-electron chi connectivity index (χ3n) is 5.45. The molecule has 2 saturated carbocycles. The molecule has 0 saturated heterocycles. The Hall–Kier alpha value is -1.49. The number of hydrogen-bond donors (Lipinski definition) is 0. The van der Waals surface area contributed by atoms with Gasteiger partial charge in [-0.25, -0.2) is 0 Å². The molecule has 0 bridgehead atoms. The Morgan fingerprint density at radius 1 is 1.05 bits per heavy atom. The van der Waals surface area contributed by atoms with Crippen LogP contribution in [0.25, 0.3) is 0 Å². The summed E-state index contributed by atoms with van der Waals surface area (Å²) in [6, 6.07) is 10.8. The largest absolute Gasteiger partial charge is 0.494 e. The highest BCUT2D eigenvalue weighted by Gasteiger charge is 2.55. The molecule has 2 fully saturated rings. The van der Waals surface area contributed by atoms with Crippen molar-refractivity contribution in [3.8, 4) is 11.8 Å². The van der Waals surface area contributed by atoms with E-state index in [9.17, 15) is 5.26 Å². The average Bonchev–Trinajstić information content (AvgIpc) is 2.72. The van der Waals surface area contributed by atoms with Crippen molar-refractivity contribution in [1.82, 2.24) is 0 Å². The summed E-state index contributed by atoms with van der Waals surface area (Å²) in [5.74, 6) is 0.901. The Balaban J connectivity index is 1.75. The molecule has 2 aliphatic rings. The maximum absolute atomic E-state index is 9.77. The van der Waals surface area contributed by atoms with Crippen LogP contribution >= 0.6 is 0 Å². The van der Waals surface area contributed by atoms with Gasteiger partial charge in [0.2, 0.25) is 0 Å². The van der Waals surface area contributed by atoms with Crippen LogP contribution in [0, 0.1) is 16.7 Å². The van der Waals surface area contributed by atoms with E-state index in [1.165, 1.54) is 44.1 Å². The molecule has 0 atom stereocenters. The van der Waals surface area contributed by atoms with Crippen LogP contribution < -0.4 is 4.74 Å². The molecule has 0 N–H and O–H groups in total. The van der Waals surface area contributed by atoms with Crippen molar-refractivity contribution in [1.29, 1.82) is 5.26 Å². The number of ether oxygens (including phenoxy) is 1. The van der Waals surface area contributed by atoms with Crippen LogP contribution in [0.15, 0.2) is 24.3 Å². The molecule has 1 aromatic rings. The summed E-state index contributed by atoms with van der Waals surface area (Å²) < 4.78 is 5.50. The van der Waals surface area contributed by atoms with Gasteiger partial charge in [-0.2, -0.15) is 5.26 Å². The van der Waals surface area contributed by atoms with Gasteiger partial charge in [0.05, 0.1) is 18.1 Å². The molecular weight excluding hydrogens is 258 g/mol. The van der Waals surface area contributed by atoms with Crippen molar-refractivity contribution in [2.24, 2.45) is 5.41 Å². The minimum Gasteiger partial charge on any atom is -0.494 e. The topological polar surface area (TPSA) is 33.0 Å². The Morgan fingerprint density at radius 2 is 1.67 bits per heavy atom. The van der Waals surface area contributed by atoms with E-state index in [1.807, 2.05) is 19.1 Å². The normalized spacial score (nSPS) is 22.9. The lowest BCUT2D eigenvalue weighted by molar-refractivity contribution is 0.0398. The fraction of sp³-hybridized carbons (Fsp3) is 0.632. The van der Waals surface area contributed by atoms with E-state index < -0.39 is 0 Å². The smallest absolute Gasteiger partial charge is 0.119 e. The fourth-order valence-corrected chi connectivity index (χ4v) is 4.45. The lowest BCUT2D eigenvalue weighted by atomic mass is 9.49. The molecule has 2 heteroatoms. The van der Waals surface area contributed by atoms with Gasteiger partial charge in [-0.15, -0.1) is 0 Å². The fourth-order valence-electron chi connectivity index (χ4n) is 4.45. The predicted octanol–water partition coefficient (Wildman–Crippen LogP) is 4.98. The van der Waals surface area contributed by atoms with Gasteiger partial charge in [-0.3, -0.25) is 0 Å². The minimum absolute atomic E-state index is 0.241. The number of nitrogens with zero attached hydrogens (tertiary/aromatic N) is 1. The summed E-state index contributed by atoms with van der Waals surface area (Å²) in [6.07, 6.45) is 10.2. The van der Waals surface area contributed by atoms with Gasteiger partial charge in [-0.1, -0.05) is 37.8 Å². The SMILES string of the molecule is CCOc1ccc(C2(C#N)CC3(CCCCCC3)C2)cc1. The predicted molar refractivity (Wildman–Crippen MR) is 84.3 cm³/mol. The number of nitriles is 1. The zero-order chi connectivity index (χ0) is 14.8. The maximum Gasteiger partial charge on any atom is 0.119 e. The number of benzene rings is 1. The molecule has 0 amide bonds. The van der Waals surface area contributed by atoms with E-state index in [1.54, 1.807) is 0 Å². The van der Waals surface area contributed by atoms with Gasteiger partial charge < -0.3 is 4.74 Å². The van der Waals surface area contributed by atoms with E-state index in [-0.39, 0.29) is 5.41 Å². The van der Waals surface area contributed by atoms with Crippen molar-refractivity contribution in [2.75, 3.05) is 6.61 Å². The van der Waals surface area contributed by atoms with Gasteiger partial charge in [0.1, 0.15) is 5.75 Å². The summed E-state index contributed by atoms with van der Waals surface area (Å²) in [4.78, 5) is 0. The van der Waals surface area contributed by atoms with Gasteiger partial charge in [0.25, 0.3) is 0 Å². The Morgan fingerprint density at radius 3 is 2.19 bits per heavy atom. The molecule has 0 unspecified atom stereocenters. The van der Waals surface area contributed by atoms with Gasteiger partial charge in [0.15, 0.2) is 0 Å². The van der Waals surface area contributed by atoms with Crippen molar-refractivity contribution in [3.05, 3.63) is 29.8 Å². The van der Waals surface area contributed by atoms with Crippen LogP contribution in [0.2, 0.25) is 0 Å². The molecule has 1 spiro atoms. The molecular formula is C19H25NO. The lowest BCUT2D eigenvalue weighted by Gasteiger charge is -2.53. The Labute approximate surface area is 128 Å². The summed E-state index contributed by atoms with van der Waals surface area (Å²) in [6.45, 7) is 2.68. The van der Waals surface area contributed by atoms with Crippen LogP contribution in [0.5, 0.6) is 5.75 Å². The first kappa shape index (κ1) is 14.4. The third kappa shape index (κ3) is 2.67. The van der Waals surface area contributed by atoms with Crippen LogP contribution in [-0.4, -0.2) is 6.61 Å². The monoisotopic (exact) mass is 283 g/mol. The molecule has 21 heavy (non-hydrogen) atoms. The van der Waals surface area contributed by atoms with E-state index in [0.717, 1.165) is 18.6 Å². The van der Waals surface area contributed by atoms with Crippen molar-refractivity contribution in [3.63, 3.8) is 0 Å². The molecule has 112 valence electrons. The zero-order valence-electron chi connectivity index (χ0n) is 13.0. The quantitative estimate of drug-likeness (QED) is 0.783. The van der Waals surface area contributed by atoms with Crippen LogP contribution in [-0.2, 0) is 5.41 Å². The first-order valence-corrected chi connectivity index (χ1v) is 8.37. The van der Waals surface area contributed by atoms with Crippen LogP contribution in [0.1, 0.15) is 63.9 Å². The van der Waals surface area contributed by atoms with Crippen molar-refractivity contribution in [2.45, 2.75) is 63.7 Å². The highest BCUT2D eigenvalue weighted by atomic mass is 16.5. The van der Waals surface area contributed by atoms with Crippen LogP contribution in [0.3, 0.4) is 0 Å². The van der Waals surface area contributed by atoms with Gasteiger partial charge in [-0.05, 0) is 55.7 Å². The molecule has 1 aromatic carbocycles. The van der Waals surface area contributed by atoms with Gasteiger partial charge >= 0.3 is 0 Å². The second-order valence-electron chi connectivity index (χ2n) is 6.92. The first-order valence-electron chi connectivity index (χ1n) is 8.37. The highest BCUT2D eigenvalue weighted by molar-refractivity contribution is 5.40. The third-order valence-corrected chi connectivity index (χ3v) is 5.45. The van der Waals surface area contributed by atoms with Crippen molar-refractivity contribution < 1.29 is 4.74 Å². The minimum atomic E-state index is -0.241. The molecule has 2 nitrogen and oxygen atoms in total. The molecule has 0 aliphatic heterocycles. The van der Waals surface area contributed by atoms with E-state index >= 15 is 0 Å². The van der Waals surface area contributed by atoms with Gasteiger partial charge in [0, 0.05) is 0 Å². The average molecular weight is 283 g/mol. The molecule has 0 heterocycles. The molecule has 0 radical (unpaired) electrons. The Bertz CT molecular complexity index is 509. The highest BCUT2D eigenvalue weighted by Crippen LogP contribution is 2.61. The van der Waals surface area contributed by atoms with Crippen molar-refractivity contribution >= 4 is 0 Å². The van der Waals surface area contributed by atoms with E-state index in [2.05, 4.69) is 18.2 Å². The van der Waals surface area contributed by atoms with Crippen LogP contribution in [0.4, 0.5) is 0 Å². The summed E-state index contributed by atoms with van der Waals surface area (Å²) >= 11 is 0. The summed E-state index contributed by atoms with van der Waals surface area (Å²) in [5, 5.41) is 9.77. The molecule has 3 rings (SSSR count). The second kappa shape index (κ2) is 5.72. The second-order valence-corrected chi connectivity index (χ2v) is 6.92. The number of hydrogen-bond acceptors (Lipinski definition) is 2. The summed E-state index contributed by atoms with van der Waals surface area (Å²) in [5.41, 5.74) is 1.41. The molecule has 0 aromatic heterocycles. The Kier molecular flexibility index (Phi) is 3.93. The molecule has 2 aliphatic carbocycles. The zero-order valence-corrected chi connectivity index (χ0v) is 13.0. The summed E-state index contributed by atoms with van der Waals surface area (Å²) in [7, 11) is 0. The van der Waals surface area contributed by atoms with E-state index in [0.29, 0.717) is 12.0 Å².